The third kappa shape index (κ3) is 3.45. The first-order valence-electron chi connectivity index (χ1n) is 4.24. The highest BCUT2D eigenvalue weighted by atomic mass is 32.2. The van der Waals surface area contributed by atoms with Crippen LogP contribution in [0.15, 0.2) is 0 Å². The zero-order valence-electron chi connectivity index (χ0n) is 7.08. The molecule has 3 heteroatoms. The SMILES string of the molecule is CSOCC1CCC(N)CC1. The van der Waals surface area contributed by atoms with Crippen LogP contribution in [0.2, 0.25) is 0 Å². The monoisotopic (exact) mass is 175 g/mol. The number of nitrogens with two attached hydrogens (primary N) is 1. The van der Waals surface area contributed by atoms with Crippen LogP contribution in [-0.2, 0) is 4.18 Å². The first-order valence-corrected chi connectivity index (χ1v) is 5.39. The van der Waals surface area contributed by atoms with Crippen LogP contribution in [-0.4, -0.2) is 18.9 Å². The molecule has 0 aromatic rings. The first-order chi connectivity index (χ1) is 5.33. The Morgan fingerprint density at radius 3 is 2.55 bits per heavy atom. The Labute approximate surface area is 73.1 Å². The van der Waals surface area contributed by atoms with E-state index >= 15 is 0 Å². The van der Waals surface area contributed by atoms with Crippen LogP contribution in [0.1, 0.15) is 25.7 Å². The van der Waals surface area contributed by atoms with Crippen molar-refractivity contribution < 1.29 is 4.18 Å². The molecule has 1 rings (SSSR count). The van der Waals surface area contributed by atoms with E-state index in [4.69, 9.17) is 9.92 Å². The van der Waals surface area contributed by atoms with Gasteiger partial charge < -0.3 is 9.92 Å². The molecule has 0 aliphatic heterocycles. The van der Waals surface area contributed by atoms with Gasteiger partial charge >= 0.3 is 0 Å². The van der Waals surface area contributed by atoms with Crippen molar-refractivity contribution in [3.8, 4) is 0 Å². The fourth-order valence-electron chi connectivity index (χ4n) is 1.52. The highest BCUT2D eigenvalue weighted by Gasteiger charge is 2.18. The Bertz CT molecular complexity index is 99.5. The van der Waals surface area contributed by atoms with E-state index in [1.807, 2.05) is 6.26 Å². The average Bonchev–Trinajstić information content (AvgIpc) is 2.04. The topological polar surface area (TPSA) is 35.2 Å². The van der Waals surface area contributed by atoms with Crippen molar-refractivity contribution in [2.45, 2.75) is 31.7 Å². The molecule has 2 N–H and O–H groups in total. The normalized spacial score (nSPS) is 32.2. The lowest BCUT2D eigenvalue weighted by atomic mass is 9.87. The third-order valence-electron chi connectivity index (χ3n) is 2.31. The Kier molecular flexibility index (Phi) is 4.26. The van der Waals surface area contributed by atoms with E-state index in [1.165, 1.54) is 37.7 Å². The lowest BCUT2D eigenvalue weighted by Gasteiger charge is -2.25. The van der Waals surface area contributed by atoms with Gasteiger partial charge in [-0.2, -0.15) is 0 Å². The van der Waals surface area contributed by atoms with Crippen LogP contribution < -0.4 is 5.73 Å². The summed E-state index contributed by atoms with van der Waals surface area (Å²) in [7, 11) is 0. The Balaban J connectivity index is 2.07. The maximum absolute atomic E-state index is 5.78. The minimum Gasteiger partial charge on any atom is -0.328 e. The summed E-state index contributed by atoms with van der Waals surface area (Å²) in [6, 6.07) is 0.459. The fraction of sp³-hybridized carbons (Fsp3) is 1.00. The molecule has 0 aromatic carbocycles. The molecule has 0 unspecified atom stereocenters. The summed E-state index contributed by atoms with van der Waals surface area (Å²) < 4.78 is 5.28. The van der Waals surface area contributed by atoms with Gasteiger partial charge in [-0.25, -0.2) is 0 Å². The van der Waals surface area contributed by atoms with Gasteiger partial charge in [-0.05, 0) is 43.6 Å². The average molecular weight is 175 g/mol. The van der Waals surface area contributed by atoms with Crippen molar-refractivity contribution in [3.05, 3.63) is 0 Å². The van der Waals surface area contributed by atoms with Crippen molar-refractivity contribution in [3.63, 3.8) is 0 Å². The van der Waals surface area contributed by atoms with Gasteiger partial charge in [0.25, 0.3) is 0 Å². The van der Waals surface area contributed by atoms with Gasteiger partial charge in [0.2, 0.25) is 0 Å². The molecule has 1 saturated carbocycles. The molecule has 66 valence electrons. The van der Waals surface area contributed by atoms with Crippen molar-refractivity contribution in [1.82, 2.24) is 0 Å². The lowest BCUT2D eigenvalue weighted by Crippen LogP contribution is -2.27. The molecule has 0 heterocycles. The van der Waals surface area contributed by atoms with E-state index in [0.29, 0.717) is 6.04 Å². The van der Waals surface area contributed by atoms with Crippen LogP contribution in [0.4, 0.5) is 0 Å². The summed E-state index contributed by atoms with van der Waals surface area (Å²) in [6.07, 6.45) is 6.84. The predicted molar refractivity (Wildman–Crippen MR) is 49.4 cm³/mol. The van der Waals surface area contributed by atoms with E-state index in [0.717, 1.165) is 12.5 Å². The minimum atomic E-state index is 0.459. The second-order valence-electron chi connectivity index (χ2n) is 3.23. The molecule has 11 heavy (non-hydrogen) atoms. The second-order valence-corrected chi connectivity index (χ2v) is 3.80. The van der Waals surface area contributed by atoms with Crippen LogP contribution in [0.3, 0.4) is 0 Å². The molecule has 0 radical (unpaired) electrons. The molecule has 0 aromatic heterocycles. The van der Waals surface area contributed by atoms with Crippen LogP contribution >= 0.6 is 12.0 Å². The zero-order valence-corrected chi connectivity index (χ0v) is 7.90. The quantitative estimate of drug-likeness (QED) is 0.664. The summed E-state index contributed by atoms with van der Waals surface area (Å²) >= 11 is 1.46. The minimum absolute atomic E-state index is 0.459. The van der Waals surface area contributed by atoms with Crippen LogP contribution in [0.5, 0.6) is 0 Å². The molecule has 1 fully saturated rings. The molecule has 0 atom stereocenters. The smallest absolute Gasteiger partial charge is 0.0641 e. The van der Waals surface area contributed by atoms with Gasteiger partial charge in [0.05, 0.1) is 6.61 Å². The predicted octanol–water partition coefficient (Wildman–Crippen LogP) is 1.80. The van der Waals surface area contributed by atoms with Crippen molar-refractivity contribution >= 4 is 12.0 Å². The highest BCUT2D eigenvalue weighted by Crippen LogP contribution is 2.23. The Morgan fingerprint density at radius 2 is 2.00 bits per heavy atom. The highest BCUT2D eigenvalue weighted by molar-refractivity contribution is 7.93. The van der Waals surface area contributed by atoms with Gasteiger partial charge in [0.1, 0.15) is 0 Å². The maximum atomic E-state index is 5.78. The summed E-state index contributed by atoms with van der Waals surface area (Å²) in [5.41, 5.74) is 5.78. The molecule has 0 spiro atoms. The Morgan fingerprint density at radius 1 is 1.36 bits per heavy atom. The van der Waals surface area contributed by atoms with Crippen molar-refractivity contribution in [1.29, 1.82) is 0 Å². The van der Waals surface area contributed by atoms with Crippen LogP contribution in [0, 0.1) is 5.92 Å². The summed E-state index contributed by atoms with van der Waals surface area (Å²) in [5, 5.41) is 0. The van der Waals surface area contributed by atoms with Gasteiger partial charge in [0.15, 0.2) is 0 Å². The second kappa shape index (κ2) is 5.01. The molecule has 1 aliphatic carbocycles. The molecular weight excluding hydrogens is 158 g/mol. The van der Waals surface area contributed by atoms with Gasteiger partial charge in [-0.15, -0.1) is 0 Å². The van der Waals surface area contributed by atoms with E-state index in [2.05, 4.69) is 0 Å². The number of rotatable bonds is 3. The molecule has 2 nitrogen and oxygen atoms in total. The fourth-order valence-corrected chi connectivity index (χ4v) is 1.85. The molecular formula is C8H17NOS. The number of hydrogen-bond donors (Lipinski definition) is 1. The van der Waals surface area contributed by atoms with Crippen molar-refractivity contribution in [2.75, 3.05) is 12.9 Å². The van der Waals surface area contributed by atoms with Gasteiger partial charge in [0, 0.05) is 12.3 Å². The molecule has 0 bridgehead atoms. The Hall–Kier alpha value is 0.270. The summed E-state index contributed by atoms with van der Waals surface area (Å²) in [6.45, 7) is 0.911. The summed E-state index contributed by atoms with van der Waals surface area (Å²) in [5.74, 6) is 0.766. The molecule has 0 saturated heterocycles. The number of hydrogen-bond acceptors (Lipinski definition) is 3. The maximum Gasteiger partial charge on any atom is 0.0641 e. The molecule has 1 aliphatic rings. The standard InChI is InChI=1S/C8H17NOS/c1-11-10-6-7-2-4-8(9)5-3-7/h7-8H,2-6,9H2,1H3. The van der Waals surface area contributed by atoms with Crippen molar-refractivity contribution in [2.24, 2.45) is 11.7 Å². The first kappa shape index (κ1) is 9.36. The summed E-state index contributed by atoms with van der Waals surface area (Å²) in [4.78, 5) is 0. The van der Waals surface area contributed by atoms with E-state index < -0.39 is 0 Å². The zero-order chi connectivity index (χ0) is 8.10. The lowest BCUT2D eigenvalue weighted by molar-refractivity contribution is 0.224. The van der Waals surface area contributed by atoms with E-state index in [9.17, 15) is 0 Å². The largest absolute Gasteiger partial charge is 0.328 e. The van der Waals surface area contributed by atoms with Crippen LogP contribution in [0.25, 0.3) is 0 Å². The van der Waals surface area contributed by atoms with Gasteiger partial charge in [-0.3, -0.25) is 0 Å². The van der Waals surface area contributed by atoms with Gasteiger partial charge in [-0.1, -0.05) is 0 Å². The third-order valence-corrected chi connectivity index (χ3v) is 2.68. The van der Waals surface area contributed by atoms with E-state index in [-0.39, 0.29) is 0 Å². The molecule has 0 amide bonds. The van der Waals surface area contributed by atoms with E-state index in [1.54, 1.807) is 0 Å².